The van der Waals surface area contributed by atoms with Gasteiger partial charge in [0.1, 0.15) is 5.69 Å². The first-order valence-electron chi connectivity index (χ1n) is 4.94. The van der Waals surface area contributed by atoms with E-state index in [1.165, 1.54) is 6.20 Å². The van der Waals surface area contributed by atoms with Crippen molar-refractivity contribution in [3.8, 4) is 0 Å². The molecule has 86 valence electrons. The van der Waals surface area contributed by atoms with Gasteiger partial charge in [0.05, 0.1) is 23.6 Å². The summed E-state index contributed by atoms with van der Waals surface area (Å²) < 4.78 is 1.58. The molecule has 0 atom stereocenters. The lowest BCUT2D eigenvalue weighted by molar-refractivity contribution is 0.112. The van der Waals surface area contributed by atoms with E-state index in [9.17, 15) is 4.79 Å². The number of allylic oxidation sites excluding steroid dienone is 1. The van der Waals surface area contributed by atoms with Crippen LogP contribution in [0.3, 0.4) is 0 Å². The molecule has 0 aliphatic carbocycles. The Balaban J connectivity index is 2.66. The number of hydrogen-bond acceptors (Lipinski definition) is 5. The average molecular weight is 229 g/mol. The fourth-order valence-corrected chi connectivity index (χ4v) is 1.51. The van der Waals surface area contributed by atoms with Crippen molar-refractivity contribution in [3.05, 3.63) is 36.0 Å². The lowest BCUT2D eigenvalue weighted by Gasteiger charge is -2.03. The summed E-state index contributed by atoms with van der Waals surface area (Å²) in [6.07, 6.45) is 6.96. The minimum absolute atomic E-state index is 0.323. The van der Waals surface area contributed by atoms with Crippen LogP contribution in [0.1, 0.15) is 16.2 Å². The lowest BCUT2D eigenvalue weighted by Crippen LogP contribution is -2.03. The van der Waals surface area contributed by atoms with Crippen LogP contribution in [0.25, 0.3) is 11.1 Å². The van der Waals surface area contributed by atoms with E-state index in [1.54, 1.807) is 36.2 Å². The number of nitrogens with two attached hydrogens (primary N) is 1. The van der Waals surface area contributed by atoms with Gasteiger partial charge in [-0.1, -0.05) is 0 Å². The van der Waals surface area contributed by atoms with Crippen LogP contribution in [0.5, 0.6) is 0 Å². The summed E-state index contributed by atoms with van der Waals surface area (Å²) in [5.74, 6) is 0. The second-order valence-corrected chi connectivity index (χ2v) is 3.30. The molecule has 0 aromatic carbocycles. The zero-order valence-corrected chi connectivity index (χ0v) is 9.24. The standard InChI is InChI=1S/C11H11N5O/c1-13-5-8(4-12)9-6-16-11(2-3-14-16)10(7-17)15-9/h2-7H,12H2,1H3. The monoisotopic (exact) mass is 229 g/mol. The predicted octanol–water partition coefficient (Wildman–Crippen LogP) is 0.542. The van der Waals surface area contributed by atoms with Gasteiger partial charge in [-0.05, 0) is 6.07 Å². The van der Waals surface area contributed by atoms with Crippen LogP contribution in [-0.2, 0) is 0 Å². The lowest BCUT2D eigenvalue weighted by atomic mass is 10.2. The van der Waals surface area contributed by atoms with Crippen LogP contribution >= 0.6 is 0 Å². The van der Waals surface area contributed by atoms with Gasteiger partial charge < -0.3 is 5.73 Å². The summed E-state index contributed by atoms with van der Waals surface area (Å²) >= 11 is 0. The minimum atomic E-state index is 0.323. The maximum Gasteiger partial charge on any atom is 0.170 e. The van der Waals surface area contributed by atoms with E-state index in [4.69, 9.17) is 5.73 Å². The molecule has 2 aromatic rings. The molecule has 0 radical (unpaired) electrons. The maximum atomic E-state index is 11.0. The molecule has 0 saturated heterocycles. The first-order valence-corrected chi connectivity index (χ1v) is 4.94. The number of aliphatic imine (C=N–C) groups is 1. The summed E-state index contributed by atoms with van der Waals surface area (Å²) in [4.78, 5) is 19.0. The van der Waals surface area contributed by atoms with Crippen LogP contribution < -0.4 is 5.73 Å². The Morgan fingerprint density at radius 2 is 2.41 bits per heavy atom. The number of aromatic nitrogens is 3. The summed E-state index contributed by atoms with van der Waals surface area (Å²) in [6, 6.07) is 1.72. The zero-order valence-electron chi connectivity index (χ0n) is 9.24. The molecule has 2 N–H and O–H groups in total. The van der Waals surface area contributed by atoms with Crippen LogP contribution in [0.15, 0.2) is 29.7 Å². The van der Waals surface area contributed by atoms with E-state index >= 15 is 0 Å². The number of carbonyl (C=O) groups excluding carboxylic acids is 1. The number of fused-ring (bicyclic) bond motifs is 1. The van der Waals surface area contributed by atoms with Gasteiger partial charge in [-0.3, -0.25) is 9.79 Å². The van der Waals surface area contributed by atoms with Crippen LogP contribution in [0.2, 0.25) is 0 Å². The molecule has 0 aliphatic heterocycles. The Bertz CT molecular complexity index is 611. The fourth-order valence-electron chi connectivity index (χ4n) is 1.51. The molecule has 0 amide bonds. The summed E-state index contributed by atoms with van der Waals surface area (Å²) in [5.41, 5.74) is 7.66. The van der Waals surface area contributed by atoms with Crippen molar-refractivity contribution in [2.24, 2.45) is 10.7 Å². The highest BCUT2D eigenvalue weighted by molar-refractivity contribution is 6.09. The van der Waals surface area contributed by atoms with Crippen LogP contribution in [-0.4, -0.2) is 34.1 Å². The highest BCUT2D eigenvalue weighted by Gasteiger charge is 2.08. The Morgan fingerprint density at radius 3 is 3.06 bits per heavy atom. The number of hydrogen-bond donors (Lipinski definition) is 1. The van der Waals surface area contributed by atoms with Gasteiger partial charge in [0.15, 0.2) is 6.29 Å². The van der Waals surface area contributed by atoms with Crippen molar-refractivity contribution in [2.45, 2.75) is 0 Å². The molecule has 0 bridgehead atoms. The van der Waals surface area contributed by atoms with Gasteiger partial charge in [0.25, 0.3) is 0 Å². The molecular weight excluding hydrogens is 218 g/mol. The van der Waals surface area contributed by atoms with Gasteiger partial charge in [-0.25, -0.2) is 9.50 Å². The minimum Gasteiger partial charge on any atom is -0.404 e. The van der Waals surface area contributed by atoms with E-state index in [0.29, 0.717) is 28.8 Å². The van der Waals surface area contributed by atoms with E-state index in [2.05, 4.69) is 15.1 Å². The Morgan fingerprint density at radius 1 is 1.59 bits per heavy atom. The Labute approximate surface area is 97.5 Å². The molecule has 0 unspecified atom stereocenters. The van der Waals surface area contributed by atoms with Crippen molar-refractivity contribution in [1.82, 2.24) is 14.6 Å². The molecular formula is C11H11N5O. The summed E-state index contributed by atoms with van der Waals surface area (Å²) in [6.45, 7) is 0. The fraction of sp³-hybridized carbons (Fsp3) is 0.0909. The van der Waals surface area contributed by atoms with Crippen LogP contribution in [0, 0.1) is 0 Å². The third-order valence-corrected chi connectivity index (χ3v) is 2.27. The van der Waals surface area contributed by atoms with Gasteiger partial charge in [-0.2, -0.15) is 5.10 Å². The topological polar surface area (TPSA) is 85.6 Å². The second kappa shape index (κ2) is 4.56. The van der Waals surface area contributed by atoms with E-state index in [1.807, 2.05) is 0 Å². The molecule has 6 heteroatoms. The largest absolute Gasteiger partial charge is 0.404 e. The van der Waals surface area contributed by atoms with E-state index in [0.717, 1.165) is 0 Å². The average Bonchev–Trinajstić information content (AvgIpc) is 2.82. The van der Waals surface area contributed by atoms with Gasteiger partial charge in [-0.15, -0.1) is 0 Å². The molecule has 0 aliphatic rings. The van der Waals surface area contributed by atoms with Crippen molar-refractivity contribution in [2.75, 3.05) is 7.05 Å². The van der Waals surface area contributed by atoms with Crippen molar-refractivity contribution >= 4 is 23.6 Å². The highest BCUT2D eigenvalue weighted by Crippen LogP contribution is 2.13. The third kappa shape index (κ3) is 1.92. The second-order valence-electron chi connectivity index (χ2n) is 3.30. The first kappa shape index (κ1) is 11.0. The van der Waals surface area contributed by atoms with E-state index in [-0.39, 0.29) is 0 Å². The smallest absolute Gasteiger partial charge is 0.170 e. The number of nitrogens with zero attached hydrogens (tertiary/aromatic N) is 4. The Kier molecular flexibility index (Phi) is 2.95. The number of aldehydes is 1. The first-order chi connectivity index (χ1) is 8.30. The highest BCUT2D eigenvalue weighted by atomic mass is 16.1. The molecule has 6 nitrogen and oxygen atoms in total. The molecule has 0 fully saturated rings. The zero-order chi connectivity index (χ0) is 12.3. The van der Waals surface area contributed by atoms with E-state index < -0.39 is 0 Å². The van der Waals surface area contributed by atoms with Gasteiger partial charge in [0, 0.05) is 25.0 Å². The van der Waals surface area contributed by atoms with Gasteiger partial charge in [0.2, 0.25) is 0 Å². The normalized spacial score (nSPS) is 12.4. The third-order valence-electron chi connectivity index (χ3n) is 2.27. The molecule has 2 aromatic heterocycles. The molecule has 0 saturated carbocycles. The SMILES string of the molecule is CN=CC(=CN)c1cn2nccc2c(C=O)n1. The summed E-state index contributed by atoms with van der Waals surface area (Å²) in [7, 11) is 1.64. The van der Waals surface area contributed by atoms with Crippen LogP contribution in [0.4, 0.5) is 0 Å². The maximum absolute atomic E-state index is 11.0. The quantitative estimate of drug-likeness (QED) is 0.615. The van der Waals surface area contributed by atoms with Gasteiger partial charge >= 0.3 is 0 Å². The Hall–Kier alpha value is -2.50. The molecule has 2 heterocycles. The summed E-state index contributed by atoms with van der Waals surface area (Å²) in [5, 5.41) is 4.07. The number of rotatable bonds is 3. The molecule has 0 spiro atoms. The van der Waals surface area contributed by atoms with Crippen molar-refractivity contribution in [1.29, 1.82) is 0 Å². The van der Waals surface area contributed by atoms with Crippen molar-refractivity contribution in [3.63, 3.8) is 0 Å². The predicted molar refractivity (Wildman–Crippen MR) is 65.0 cm³/mol. The molecule has 2 rings (SSSR count). The number of carbonyl (C=O) groups is 1. The molecule has 17 heavy (non-hydrogen) atoms. The van der Waals surface area contributed by atoms with Crippen molar-refractivity contribution < 1.29 is 4.79 Å².